The Hall–Kier alpha value is -6.49. The summed E-state index contributed by atoms with van der Waals surface area (Å²) in [5.74, 6) is 1.94. The Bertz CT molecular complexity index is 2420. The zero-order valence-electron chi connectivity index (χ0n) is 30.8. The number of nitrogens with zero attached hydrogens (tertiary/aromatic N) is 5. The molecule has 0 spiro atoms. The largest absolute Gasteiger partial charge is 0.497 e. The summed E-state index contributed by atoms with van der Waals surface area (Å²) in [7, 11) is 3.15. The molecule has 0 bridgehead atoms. The first-order valence-corrected chi connectivity index (χ1v) is 18.3. The molecule has 0 radical (unpaired) electrons. The van der Waals surface area contributed by atoms with Crippen molar-refractivity contribution in [3.05, 3.63) is 135 Å². The predicted octanol–water partition coefficient (Wildman–Crippen LogP) is 7.13. The summed E-state index contributed by atoms with van der Waals surface area (Å²) in [6, 6.07) is 27.0. The molecular formula is C44H39N5O6. The van der Waals surface area contributed by atoms with Crippen LogP contribution < -0.4 is 18.9 Å². The number of carbonyl (C=O) groups is 2. The Morgan fingerprint density at radius 2 is 1.13 bits per heavy atom. The van der Waals surface area contributed by atoms with Gasteiger partial charge in [0, 0.05) is 49.8 Å². The normalized spacial score (nSPS) is 17.8. The lowest BCUT2D eigenvalue weighted by Gasteiger charge is -2.34. The number of rotatable bonds is 8. The molecule has 11 nitrogen and oxygen atoms in total. The van der Waals surface area contributed by atoms with Gasteiger partial charge in [-0.1, -0.05) is 48.5 Å². The van der Waals surface area contributed by atoms with Gasteiger partial charge in [-0.2, -0.15) is 0 Å². The number of hydrogen-bond acceptors (Lipinski definition) is 9. The van der Waals surface area contributed by atoms with Gasteiger partial charge in [0.25, 0.3) is 11.8 Å². The molecule has 4 aliphatic rings. The Morgan fingerprint density at radius 3 is 1.67 bits per heavy atom. The minimum atomic E-state index is -0.141. The molecule has 55 heavy (non-hydrogen) atoms. The fraction of sp³-hybridized carbons (Fsp3) is 0.250. The molecule has 11 heteroatoms. The van der Waals surface area contributed by atoms with Crippen molar-refractivity contribution in [3.63, 3.8) is 0 Å². The monoisotopic (exact) mass is 733 g/mol. The van der Waals surface area contributed by atoms with E-state index in [2.05, 4.69) is 24.3 Å². The predicted molar refractivity (Wildman–Crippen MR) is 208 cm³/mol. The Morgan fingerprint density at radius 1 is 0.618 bits per heavy atom. The van der Waals surface area contributed by atoms with E-state index in [9.17, 15) is 9.59 Å². The van der Waals surface area contributed by atoms with Crippen LogP contribution >= 0.6 is 0 Å². The first-order valence-electron chi connectivity index (χ1n) is 18.3. The number of aliphatic imine (C=N–C) groups is 2. The number of fused-ring (bicyclic) bond motifs is 6. The number of benzene rings is 4. The van der Waals surface area contributed by atoms with Crippen molar-refractivity contribution < 1.29 is 28.5 Å². The van der Waals surface area contributed by atoms with E-state index in [0.29, 0.717) is 76.4 Å². The Labute approximate surface area is 318 Å². The summed E-state index contributed by atoms with van der Waals surface area (Å²) in [4.78, 5) is 45.7. The van der Waals surface area contributed by atoms with E-state index in [-0.39, 0.29) is 37.1 Å². The van der Waals surface area contributed by atoms with Crippen LogP contribution in [0.2, 0.25) is 0 Å². The topological polar surface area (TPSA) is 115 Å². The van der Waals surface area contributed by atoms with Crippen molar-refractivity contribution in [3.8, 4) is 23.0 Å². The number of pyridine rings is 1. The average Bonchev–Trinajstić information content (AvgIpc) is 3.43. The number of aryl methyl sites for hydroxylation is 1. The van der Waals surface area contributed by atoms with Gasteiger partial charge >= 0.3 is 0 Å². The van der Waals surface area contributed by atoms with E-state index in [1.54, 1.807) is 32.4 Å². The SMILES string of the molecule is COc1cc(COc2cc3c(cc2C)C(=O)N2Cc4ccccc4C[C@H]2C=N3)nc(COc2cc3c(cc2OC)C(=O)N2Cc4ccccc4C[C@H]2C=N3)c1. The molecule has 0 saturated heterocycles. The lowest BCUT2D eigenvalue weighted by molar-refractivity contribution is 0.0696. The standard InChI is InChI=1S/C44H39N5O6/c1-26-12-36-38(45-20-33-13-27-8-4-6-10-29(27)22-48(33)43(36)50)18-40(26)54-24-31-15-35(52-2)16-32(47-31)25-55-42-19-39-37(17-41(42)53-3)44(51)49-23-30-11-7-5-9-28(30)14-34(49)21-46-39/h4-12,15-21,33-34H,13-14,22-25H2,1-3H3/t33-,34-/m0/s1. The quantitative estimate of drug-likeness (QED) is 0.167. The van der Waals surface area contributed by atoms with Gasteiger partial charge in [0.2, 0.25) is 0 Å². The van der Waals surface area contributed by atoms with Crippen LogP contribution in [0.15, 0.2) is 94.9 Å². The highest BCUT2D eigenvalue weighted by atomic mass is 16.5. The highest BCUT2D eigenvalue weighted by Gasteiger charge is 2.34. The number of amides is 2. The molecule has 5 aromatic rings. The highest BCUT2D eigenvalue weighted by Crippen LogP contribution is 2.39. The van der Waals surface area contributed by atoms with E-state index in [4.69, 9.17) is 33.9 Å². The fourth-order valence-corrected chi connectivity index (χ4v) is 7.85. The highest BCUT2D eigenvalue weighted by molar-refractivity contribution is 6.04. The fourth-order valence-electron chi connectivity index (χ4n) is 7.85. The van der Waals surface area contributed by atoms with Crippen LogP contribution in [0.3, 0.4) is 0 Å². The van der Waals surface area contributed by atoms with Gasteiger partial charge in [-0.25, -0.2) is 0 Å². The van der Waals surface area contributed by atoms with E-state index in [1.807, 2.05) is 71.6 Å². The van der Waals surface area contributed by atoms with Crippen LogP contribution in [-0.4, -0.2) is 65.3 Å². The van der Waals surface area contributed by atoms with Crippen molar-refractivity contribution in [2.24, 2.45) is 9.98 Å². The van der Waals surface area contributed by atoms with Crippen LogP contribution in [0, 0.1) is 6.92 Å². The van der Waals surface area contributed by atoms with Gasteiger partial charge in [-0.15, -0.1) is 0 Å². The maximum atomic E-state index is 13.8. The van der Waals surface area contributed by atoms with Gasteiger partial charge in [-0.05, 0) is 59.7 Å². The van der Waals surface area contributed by atoms with Gasteiger partial charge < -0.3 is 28.7 Å². The third-order valence-electron chi connectivity index (χ3n) is 10.8. The summed E-state index contributed by atoms with van der Waals surface area (Å²) < 4.78 is 23.9. The minimum absolute atomic E-state index is 0.0351. The first-order chi connectivity index (χ1) is 26.8. The van der Waals surface area contributed by atoms with Crippen LogP contribution in [0.5, 0.6) is 23.0 Å². The van der Waals surface area contributed by atoms with Crippen molar-refractivity contribution in [1.82, 2.24) is 14.8 Å². The average molecular weight is 734 g/mol. The molecule has 4 aromatic carbocycles. The lowest BCUT2D eigenvalue weighted by atomic mass is 9.94. The van der Waals surface area contributed by atoms with Crippen molar-refractivity contribution in [1.29, 1.82) is 0 Å². The van der Waals surface area contributed by atoms with Crippen molar-refractivity contribution >= 4 is 35.6 Å². The second kappa shape index (κ2) is 14.1. The van der Waals surface area contributed by atoms with E-state index in [0.717, 1.165) is 17.5 Å². The third-order valence-corrected chi connectivity index (χ3v) is 10.8. The molecular weight excluding hydrogens is 695 g/mol. The summed E-state index contributed by atoms with van der Waals surface area (Å²) >= 11 is 0. The molecule has 0 unspecified atom stereocenters. The van der Waals surface area contributed by atoms with Gasteiger partial charge in [-0.3, -0.25) is 24.6 Å². The Kier molecular flexibility index (Phi) is 8.76. The molecule has 9 rings (SSSR count). The second-order valence-corrected chi connectivity index (χ2v) is 14.2. The van der Waals surface area contributed by atoms with Crippen LogP contribution in [-0.2, 0) is 39.1 Å². The number of carbonyl (C=O) groups excluding carboxylic acids is 2. The number of methoxy groups -OCH3 is 2. The van der Waals surface area contributed by atoms with Gasteiger partial charge in [0.05, 0.1) is 60.2 Å². The van der Waals surface area contributed by atoms with Crippen LogP contribution in [0.4, 0.5) is 11.4 Å². The zero-order valence-corrected chi connectivity index (χ0v) is 30.8. The maximum Gasteiger partial charge on any atom is 0.257 e. The van der Waals surface area contributed by atoms with E-state index < -0.39 is 0 Å². The molecule has 5 heterocycles. The summed E-state index contributed by atoms with van der Waals surface area (Å²) in [5.41, 5.74) is 8.98. The van der Waals surface area contributed by atoms with E-state index >= 15 is 0 Å². The Balaban J connectivity index is 0.915. The summed E-state index contributed by atoms with van der Waals surface area (Å²) in [5, 5.41) is 0. The van der Waals surface area contributed by atoms with Gasteiger partial charge in [0.15, 0.2) is 11.5 Å². The van der Waals surface area contributed by atoms with Crippen LogP contribution in [0.1, 0.15) is 59.9 Å². The molecule has 4 aliphatic heterocycles. The minimum Gasteiger partial charge on any atom is -0.497 e. The lowest BCUT2D eigenvalue weighted by Crippen LogP contribution is -2.44. The molecule has 1 aromatic heterocycles. The van der Waals surface area contributed by atoms with Crippen molar-refractivity contribution in [2.75, 3.05) is 14.2 Å². The smallest absolute Gasteiger partial charge is 0.257 e. The molecule has 2 atom stereocenters. The third kappa shape index (κ3) is 6.45. The zero-order chi connectivity index (χ0) is 37.6. The molecule has 0 aliphatic carbocycles. The molecule has 0 saturated carbocycles. The van der Waals surface area contributed by atoms with Crippen LogP contribution in [0.25, 0.3) is 0 Å². The van der Waals surface area contributed by atoms with Gasteiger partial charge in [0.1, 0.15) is 24.7 Å². The second-order valence-electron chi connectivity index (χ2n) is 14.2. The number of ether oxygens (including phenoxy) is 4. The van der Waals surface area contributed by atoms with Crippen molar-refractivity contribution in [2.45, 2.75) is 58.2 Å². The maximum absolute atomic E-state index is 13.8. The summed E-state index contributed by atoms with van der Waals surface area (Å²) in [6.07, 6.45) is 5.17. The number of hydrogen-bond donors (Lipinski definition) is 0. The van der Waals surface area contributed by atoms with E-state index in [1.165, 1.54) is 16.7 Å². The molecule has 0 N–H and O–H groups in total. The molecule has 0 fully saturated rings. The summed E-state index contributed by atoms with van der Waals surface area (Å²) in [6.45, 7) is 3.24. The molecule has 276 valence electrons. The molecule has 2 amide bonds. The first kappa shape index (κ1) is 34.3. The number of aromatic nitrogens is 1.